The van der Waals surface area contributed by atoms with E-state index in [9.17, 15) is 0 Å². The van der Waals surface area contributed by atoms with Crippen molar-refractivity contribution in [2.24, 2.45) is 0 Å². The maximum atomic E-state index is 8.69. The average molecular weight is 152 g/mol. The molecule has 0 N–H and O–H groups in total. The van der Waals surface area contributed by atoms with Gasteiger partial charge in [0.15, 0.2) is 0 Å². The molecular formula is C7H8N2S. The molecule has 0 aliphatic rings. The zero-order valence-electron chi connectivity index (χ0n) is 5.96. The van der Waals surface area contributed by atoms with Gasteiger partial charge in [-0.25, -0.2) is 0 Å². The monoisotopic (exact) mass is 152 g/mol. The molecule has 1 heterocycles. The molecule has 10 heavy (non-hydrogen) atoms. The van der Waals surface area contributed by atoms with Gasteiger partial charge in [0, 0.05) is 11.1 Å². The third-order valence-corrected chi connectivity index (χ3v) is 2.42. The van der Waals surface area contributed by atoms with Gasteiger partial charge >= 0.3 is 0 Å². The Hall–Kier alpha value is -0.880. The van der Waals surface area contributed by atoms with Crippen LogP contribution in [0.2, 0.25) is 0 Å². The standard InChI is InChI=1S/C7H8N2S/c1-7(2,4-8)6-3-9-5-10-6/h3,5H,1-2H3. The molecule has 0 atom stereocenters. The maximum absolute atomic E-state index is 8.69. The summed E-state index contributed by atoms with van der Waals surface area (Å²) >= 11 is 1.52. The molecule has 52 valence electrons. The summed E-state index contributed by atoms with van der Waals surface area (Å²) in [4.78, 5) is 4.93. The summed E-state index contributed by atoms with van der Waals surface area (Å²) in [7, 11) is 0. The Labute approximate surface area is 64.1 Å². The van der Waals surface area contributed by atoms with Crippen LogP contribution in [0.25, 0.3) is 0 Å². The first-order valence-corrected chi connectivity index (χ1v) is 3.85. The van der Waals surface area contributed by atoms with E-state index < -0.39 is 0 Å². The average Bonchev–Trinajstić information content (AvgIpc) is 2.38. The van der Waals surface area contributed by atoms with Crippen molar-refractivity contribution in [3.63, 3.8) is 0 Å². The van der Waals surface area contributed by atoms with Crippen molar-refractivity contribution < 1.29 is 0 Å². The van der Waals surface area contributed by atoms with Crippen LogP contribution in [-0.4, -0.2) is 4.98 Å². The molecule has 1 aromatic rings. The highest BCUT2D eigenvalue weighted by atomic mass is 32.1. The third-order valence-electron chi connectivity index (χ3n) is 1.33. The van der Waals surface area contributed by atoms with E-state index in [1.165, 1.54) is 11.3 Å². The van der Waals surface area contributed by atoms with Crippen LogP contribution in [0.4, 0.5) is 0 Å². The van der Waals surface area contributed by atoms with Crippen LogP contribution in [0.15, 0.2) is 11.7 Å². The Morgan fingerprint density at radius 1 is 1.70 bits per heavy atom. The second-order valence-electron chi connectivity index (χ2n) is 2.60. The minimum Gasteiger partial charge on any atom is -0.253 e. The second kappa shape index (κ2) is 2.39. The number of nitrogens with zero attached hydrogens (tertiary/aromatic N) is 2. The third kappa shape index (κ3) is 1.17. The Balaban J connectivity index is 2.99. The molecule has 0 saturated heterocycles. The van der Waals surface area contributed by atoms with Gasteiger partial charge < -0.3 is 0 Å². The van der Waals surface area contributed by atoms with Gasteiger partial charge in [-0.2, -0.15) is 5.26 Å². The molecule has 0 bridgehead atoms. The summed E-state index contributed by atoms with van der Waals surface area (Å²) in [6.45, 7) is 3.78. The summed E-state index contributed by atoms with van der Waals surface area (Å²) in [5.74, 6) is 0. The second-order valence-corrected chi connectivity index (χ2v) is 3.49. The van der Waals surface area contributed by atoms with Gasteiger partial charge in [-0.3, -0.25) is 4.98 Å². The number of rotatable bonds is 1. The van der Waals surface area contributed by atoms with E-state index in [-0.39, 0.29) is 5.41 Å². The summed E-state index contributed by atoms with van der Waals surface area (Å²) in [5.41, 5.74) is 1.37. The zero-order chi connectivity index (χ0) is 7.61. The molecule has 0 spiro atoms. The van der Waals surface area contributed by atoms with E-state index in [2.05, 4.69) is 11.1 Å². The number of nitriles is 1. The molecule has 0 aliphatic carbocycles. The van der Waals surface area contributed by atoms with E-state index >= 15 is 0 Å². The highest BCUT2D eigenvalue weighted by molar-refractivity contribution is 7.09. The van der Waals surface area contributed by atoms with Gasteiger partial charge in [0.25, 0.3) is 0 Å². The van der Waals surface area contributed by atoms with Gasteiger partial charge in [-0.1, -0.05) is 0 Å². The van der Waals surface area contributed by atoms with E-state index in [1.54, 1.807) is 11.7 Å². The Kier molecular flexibility index (Phi) is 1.73. The summed E-state index contributed by atoms with van der Waals surface area (Å²) < 4.78 is 0. The van der Waals surface area contributed by atoms with Crippen LogP contribution in [0.1, 0.15) is 18.7 Å². The highest BCUT2D eigenvalue weighted by Crippen LogP contribution is 2.24. The fourth-order valence-corrected chi connectivity index (χ4v) is 1.28. The molecule has 0 amide bonds. The Morgan fingerprint density at radius 2 is 2.40 bits per heavy atom. The fourth-order valence-electron chi connectivity index (χ4n) is 0.580. The molecule has 0 saturated carbocycles. The van der Waals surface area contributed by atoms with Crippen LogP contribution in [0, 0.1) is 11.3 Å². The first-order chi connectivity index (χ1) is 4.67. The van der Waals surface area contributed by atoms with Gasteiger partial charge in [0.05, 0.1) is 17.0 Å². The Bertz CT molecular complexity index is 243. The van der Waals surface area contributed by atoms with Crippen molar-refractivity contribution in [2.75, 3.05) is 0 Å². The van der Waals surface area contributed by atoms with Crippen LogP contribution in [0.5, 0.6) is 0 Å². The fraction of sp³-hybridized carbons (Fsp3) is 0.429. The first kappa shape index (κ1) is 7.23. The smallest absolute Gasteiger partial charge is 0.0874 e. The number of aromatic nitrogens is 1. The van der Waals surface area contributed by atoms with E-state index in [1.807, 2.05) is 13.8 Å². The highest BCUT2D eigenvalue weighted by Gasteiger charge is 2.20. The van der Waals surface area contributed by atoms with Gasteiger partial charge in [-0.05, 0) is 13.8 Å². The van der Waals surface area contributed by atoms with Gasteiger partial charge in [0.2, 0.25) is 0 Å². The van der Waals surface area contributed by atoms with Crippen LogP contribution >= 0.6 is 11.3 Å². The molecule has 0 unspecified atom stereocenters. The van der Waals surface area contributed by atoms with Crippen molar-refractivity contribution in [1.29, 1.82) is 5.26 Å². The summed E-state index contributed by atoms with van der Waals surface area (Å²) in [6, 6.07) is 2.21. The molecule has 2 nitrogen and oxygen atoms in total. The summed E-state index contributed by atoms with van der Waals surface area (Å²) in [6.07, 6.45) is 1.74. The van der Waals surface area contributed by atoms with E-state index in [4.69, 9.17) is 5.26 Å². The van der Waals surface area contributed by atoms with Crippen molar-refractivity contribution in [1.82, 2.24) is 4.98 Å². The minimum absolute atomic E-state index is 0.374. The molecule has 0 fully saturated rings. The van der Waals surface area contributed by atoms with Crippen LogP contribution in [-0.2, 0) is 5.41 Å². The van der Waals surface area contributed by atoms with Crippen LogP contribution < -0.4 is 0 Å². The topological polar surface area (TPSA) is 36.7 Å². The lowest BCUT2D eigenvalue weighted by Crippen LogP contribution is -2.11. The van der Waals surface area contributed by atoms with E-state index in [0.717, 1.165) is 4.88 Å². The number of thiazole rings is 1. The maximum Gasteiger partial charge on any atom is 0.0874 e. The molecular weight excluding hydrogens is 144 g/mol. The zero-order valence-corrected chi connectivity index (χ0v) is 6.77. The number of hydrogen-bond acceptors (Lipinski definition) is 3. The molecule has 0 radical (unpaired) electrons. The van der Waals surface area contributed by atoms with Crippen LogP contribution in [0.3, 0.4) is 0 Å². The molecule has 1 rings (SSSR count). The van der Waals surface area contributed by atoms with Gasteiger partial charge in [0.1, 0.15) is 0 Å². The lowest BCUT2D eigenvalue weighted by Gasteiger charge is -2.10. The minimum atomic E-state index is -0.374. The molecule has 0 aromatic carbocycles. The molecule has 0 aliphatic heterocycles. The quantitative estimate of drug-likeness (QED) is 0.616. The normalized spacial score (nSPS) is 10.9. The van der Waals surface area contributed by atoms with Crippen molar-refractivity contribution >= 4 is 11.3 Å². The van der Waals surface area contributed by atoms with Crippen molar-refractivity contribution in [2.45, 2.75) is 19.3 Å². The van der Waals surface area contributed by atoms with Crippen molar-refractivity contribution in [3.05, 3.63) is 16.6 Å². The largest absolute Gasteiger partial charge is 0.253 e. The molecule has 1 aromatic heterocycles. The SMILES string of the molecule is CC(C)(C#N)c1cncs1. The first-order valence-electron chi connectivity index (χ1n) is 2.97. The van der Waals surface area contributed by atoms with Gasteiger partial charge in [-0.15, -0.1) is 11.3 Å². The number of hydrogen-bond donors (Lipinski definition) is 0. The Morgan fingerprint density at radius 3 is 2.80 bits per heavy atom. The predicted octanol–water partition coefficient (Wildman–Crippen LogP) is 1.94. The molecule has 3 heteroatoms. The lowest BCUT2D eigenvalue weighted by atomic mass is 9.95. The summed E-state index contributed by atoms with van der Waals surface area (Å²) in [5, 5.41) is 8.69. The van der Waals surface area contributed by atoms with Crippen molar-refractivity contribution in [3.8, 4) is 6.07 Å². The predicted molar refractivity (Wildman–Crippen MR) is 40.8 cm³/mol. The van der Waals surface area contributed by atoms with E-state index in [0.29, 0.717) is 0 Å². The lowest BCUT2D eigenvalue weighted by molar-refractivity contribution is 0.701.